The molecule has 0 amide bonds. The summed E-state index contributed by atoms with van der Waals surface area (Å²) in [6, 6.07) is 2.86. The van der Waals surface area contributed by atoms with E-state index in [1.165, 1.54) is 22.6 Å². The number of sulfonamides is 1. The predicted octanol–water partition coefficient (Wildman–Crippen LogP) is -0.612. The number of hydrazine groups is 1. The topological polar surface area (TPSA) is 97.5 Å². The number of nitrogens with zero attached hydrogens (tertiary/aromatic N) is 2. The van der Waals surface area contributed by atoms with Crippen LogP contribution in [0.1, 0.15) is 0 Å². The quantitative estimate of drug-likeness (QED) is 0.554. The van der Waals surface area contributed by atoms with Crippen molar-refractivity contribution in [1.82, 2.24) is 9.29 Å². The van der Waals surface area contributed by atoms with Gasteiger partial charge in [-0.05, 0) is 6.07 Å². The van der Waals surface area contributed by atoms with E-state index < -0.39 is 10.0 Å². The summed E-state index contributed by atoms with van der Waals surface area (Å²) in [6.07, 6.45) is 1.41. The fraction of sp³-hybridized carbons (Fsp3) is 0.444. The Morgan fingerprint density at radius 2 is 2.12 bits per heavy atom. The smallest absolute Gasteiger partial charge is 0.243 e. The number of nitrogens with one attached hydrogen (secondary N) is 1. The van der Waals surface area contributed by atoms with Crippen molar-refractivity contribution in [2.24, 2.45) is 5.84 Å². The lowest BCUT2D eigenvalue weighted by molar-refractivity contribution is 0.0730. The molecular weight excluding hydrogens is 244 g/mol. The van der Waals surface area contributed by atoms with Crippen LogP contribution in [0.3, 0.4) is 0 Å². The summed E-state index contributed by atoms with van der Waals surface area (Å²) in [5.74, 6) is 5.52. The second kappa shape index (κ2) is 4.96. The van der Waals surface area contributed by atoms with Crippen LogP contribution >= 0.6 is 0 Å². The van der Waals surface area contributed by atoms with Crippen molar-refractivity contribution in [3.05, 3.63) is 18.3 Å². The summed E-state index contributed by atoms with van der Waals surface area (Å²) in [6.45, 7) is 1.59. The maximum atomic E-state index is 12.2. The highest BCUT2D eigenvalue weighted by Crippen LogP contribution is 2.18. The monoisotopic (exact) mass is 258 g/mol. The van der Waals surface area contributed by atoms with Gasteiger partial charge >= 0.3 is 0 Å². The second-order valence-electron chi connectivity index (χ2n) is 3.54. The van der Waals surface area contributed by atoms with Crippen LogP contribution in [-0.2, 0) is 14.8 Å². The number of rotatable bonds is 3. The van der Waals surface area contributed by atoms with Crippen LogP contribution in [0.2, 0.25) is 0 Å². The van der Waals surface area contributed by atoms with Crippen LogP contribution in [0, 0.1) is 0 Å². The first-order valence-corrected chi connectivity index (χ1v) is 6.59. The first kappa shape index (κ1) is 12.2. The molecular formula is C9H14N4O3S. The molecule has 1 aliphatic rings. The zero-order valence-electron chi connectivity index (χ0n) is 9.17. The Labute approximate surface area is 99.6 Å². The number of morpholine rings is 1. The van der Waals surface area contributed by atoms with Gasteiger partial charge in [-0.3, -0.25) is 0 Å². The van der Waals surface area contributed by atoms with E-state index in [1.54, 1.807) is 0 Å². The second-order valence-corrected chi connectivity index (χ2v) is 5.48. The van der Waals surface area contributed by atoms with Crippen molar-refractivity contribution in [2.75, 3.05) is 31.7 Å². The Hall–Kier alpha value is -1.22. The number of hydrogen-bond acceptors (Lipinski definition) is 6. The van der Waals surface area contributed by atoms with Crippen molar-refractivity contribution in [2.45, 2.75) is 4.90 Å². The average molecular weight is 258 g/mol. The van der Waals surface area contributed by atoms with Gasteiger partial charge in [0.1, 0.15) is 5.82 Å². The third-order valence-corrected chi connectivity index (χ3v) is 4.38. The maximum absolute atomic E-state index is 12.2. The average Bonchev–Trinajstić information content (AvgIpc) is 2.40. The molecule has 1 aromatic heterocycles. The van der Waals surface area contributed by atoms with Crippen LogP contribution in [0.5, 0.6) is 0 Å². The Morgan fingerprint density at radius 3 is 2.76 bits per heavy atom. The maximum Gasteiger partial charge on any atom is 0.243 e. The van der Waals surface area contributed by atoms with Crippen LogP contribution in [0.25, 0.3) is 0 Å². The summed E-state index contributed by atoms with van der Waals surface area (Å²) in [4.78, 5) is 4.06. The van der Waals surface area contributed by atoms with Gasteiger partial charge in [0, 0.05) is 25.4 Å². The standard InChI is InChI=1S/C9H14N4O3S/c10-12-9-7-8(1-2-11-9)17(14,15)13-3-5-16-6-4-13/h1-2,7H,3-6,10H2,(H,11,12). The molecule has 0 saturated carbocycles. The lowest BCUT2D eigenvalue weighted by Crippen LogP contribution is -2.40. The first-order chi connectivity index (χ1) is 8.14. The van der Waals surface area contributed by atoms with Gasteiger partial charge in [0.2, 0.25) is 10.0 Å². The van der Waals surface area contributed by atoms with E-state index >= 15 is 0 Å². The van der Waals surface area contributed by atoms with E-state index in [4.69, 9.17) is 10.6 Å². The third kappa shape index (κ3) is 2.55. The van der Waals surface area contributed by atoms with Gasteiger partial charge in [0.05, 0.1) is 18.1 Å². The van der Waals surface area contributed by atoms with Crippen molar-refractivity contribution in [3.63, 3.8) is 0 Å². The van der Waals surface area contributed by atoms with E-state index in [1.807, 2.05) is 0 Å². The molecule has 0 atom stereocenters. The van der Waals surface area contributed by atoms with Crippen molar-refractivity contribution in [1.29, 1.82) is 0 Å². The van der Waals surface area contributed by atoms with Crippen molar-refractivity contribution < 1.29 is 13.2 Å². The summed E-state index contributed by atoms with van der Waals surface area (Å²) >= 11 is 0. The highest BCUT2D eigenvalue weighted by molar-refractivity contribution is 7.89. The van der Waals surface area contributed by atoms with Gasteiger partial charge in [-0.15, -0.1) is 0 Å². The molecule has 0 aliphatic carbocycles. The minimum absolute atomic E-state index is 0.183. The molecule has 17 heavy (non-hydrogen) atoms. The number of nitrogen functional groups attached to an aromatic ring is 1. The van der Waals surface area contributed by atoms with Gasteiger partial charge in [-0.1, -0.05) is 0 Å². The van der Waals surface area contributed by atoms with Gasteiger partial charge in [-0.2, -0.15) is 4.31 Å². The Morgan fingerprint density at radius 1 is 1.41 bits per heavy atom. The number of pyridine rings is 1. The van der Waals surface area contributed by atoms with Gasteiger partial charge in [0.15, 0.2) is 0 Å². The third-order valence-electron chi connectivity index (χ3n) is 2.49. The number of ether oxygens (including phenoxy) is 1. The summed E-state index contributed by atoms with van der Waals surface area (Å²) in [5, 5.41) is 0. The highest BCUT2D eigenvalue weighted by Gasteiger charge is 2.26. The Kier molecular flexibility index (Phi) is 3.57. The number of anilines is 1. The number of hydrogen-bond donors (Lipinski definition) is 2. The fourth-order valence-corrected chi connectivity index (χ4v) is 3.01. The number of nitrogens with two attached hydrogens (primary N) is 1. The lowest BCUT2D eigenvalue weighted by Gasteiger charge is -2.26. The summed E-state index contributed by atoms with van der Waals surface area (Å²) in [7, 11) is -3.48. The van der Waals surface area contributed by atoms with Crippen LogP contribution in [0.4, 0.5) is 5.82 Å². The molecule has 7 nitrogen and oxygen atoms in total. The molecule has 0 spiro atoms. The largest absolute Gasteiger partial charge is 0.379 e. The Bertz CT molecular complexity index is 485. The summed E-state index contributed by atoms with van der Waals surface area (Å²) in [5.41, 5.74) is 2.32. The SMILES string of the molecule is NNc1cc(S(=O)(=O)N2CCOCC2)ccn1. The van der Waals surface area contributed by atoms with Crippen LogP contribution < -0.4 is 11.3 Å². The minimum atomic E-state index is -3.48. The van der Waals surface area contributed by atoms with Crippen LogP contribution in [0.15, 0.2) is 23.2 Å². The molecule has 1 fully saturated rings. The van der Waals surface area contributed by atoms with Gasteiger partial charge in [-0.25, -0.2) is 19.2 Å². The Balaban J connectivity index is 2.29. The molecule has 1 saturated heterocycles. The van der Waals surface area contributed by atoms with E-state index in [2.05, 4.69) is 10.4 Å². The number of aromatic nitrogens is 1. The predicted molar refractivity (Wildman–Crippen MR) is 61.6 cm³/mol. The van der Waals surface area contributed by atoms with E-state index in [0.29, 0.717) is 32.1 Å². The molecule has 0 aromatic carbocycles. The molecule has 1 aliphatic heterocycles. The van der Waals surface area contributed by atoms with Gasteiger partial charge in [0.25, 0.3) is 0 Å². The molecule has 2 rings (SSSR count). The van der Waals surface area contributed by atoms with Crippen LogP contribution in [-0.4, -0.2) is 44.0 Å². The molecule has 94 valence electrons. The summed E-state index contributed by atoms with van der Waals surface area (Å²) < 4.78 is 31.0. The first-order valence-electron chi connectivity index (χ1n) is 5.15. The van der Waals surface area contributed by atoms with Gasteiger partial charge < -0.3 is 10.2 Å². The highest BCUT2D eigenvalue weighted by atomic mass is 32.2. The lowest BCUT2D eigenvalue weighted by atomic mass is 10.5. The molecule has 3 N–H and O–H groups in total. The molecule has 0 unspecified atom stereocenters. The molecule has 0 bridgehead atoms. The minimum Gasteiger partial charge on any atom is -0.379 e. The zero-order chi connectivity index (χ0) is 12.3. The normalized spacial score (nSPS) is 17.9. The fourth-order valence-electron chi connectivity index (χ4n) is 1.59. The van der Waals surface area contributed by atoms with E-state index in [-0.39, 0.29) is 4.90 Å². The molecule has 0 radical (unpaired) electrons. The van der Waals surface area contributed by atoms with Crippen molar-refractivity contribution in [3.8, 4) is 0 Å². The molecule has 2 heterocycles. The van der Waals surface area contributed by atoms with E-state index in [0.717, 1.165) is 0 Å². The molecule has 1 aromatic rings. The molecule has 8 heteroatoms. The van der Waals surface area contributed by atoms with E-state index in [9.17, 15) is 8.42 Å². The zero-order valence-corrected chi connectivity index (χ0v) is 9.98. The van der Waals surface area contributed by atoms with Crippen molar-refractivity contribution >= 4 is 15.8 Å².